The number of rotatable bonds is 6. The van der Waals surface area contributed by atoms with Crippen molar-refractivity contribution in [1.29, 1.82) is 0 Å². The molecule has 1 saturated carbocycles. The van der Waals surface area contributed by atoms with E-state index in [1.807, 2.05) is 12.2 Å². The van der Waals surface area contributed by atoms with Crippen LogP contribution in [0.5, 0.6) is 0 Å². The van der Waals surface area contributed by atoms with Gasteiger partial charge in [0.2, 0.25) is 0 Å². The molecule has 0 aromatic heterocycles. The zero-order valence-corrected chi connectivity index (χ0v) is 16.3. The number of alkyl carbamates (subject to hydrolysis) is 2. The second kappa shape index (κ2) is 7.93. The van der Waals surface area contributed by atoms with Gasteiger partial charge in [0.15, 0.2) is 0 Å². The Morgan fingerprint density at radius 1 is 1.20 bits per heavy atom. The first-order valence-electron chi connectivity index (χ1n) is 8.59. The van der Waals surface area contributed by atoms with E-state index in [1.165, 1.54) is 0 Å². The number of carbonyl (C=O) groups is 2. The van der Waals surface area contributed by atoms with Gasteiger partial charge in [-0.15, -0.1) is 6.58 Å². The molecule has 0 bridgehead atoms. The van der Waals surface area contributed by atoms with Crippen molar-refractivity contribution in [3.63, 3.8) is 0 Å². The van der Waals surface area contributed by atoms with Gasteiger partial charge in [-0.3, -0.25) is 0 Å². The van der Waals surface area contributed by atoms with Crippen LogP contribution < -0.4 is 10.6 Å². The summed E-state index contributed by atoms with van der Waals surface area (Å²) in [7, 11) is 0. The van der Waals surface area contributed by atoms with Crippen molar-refractivity contribution in [3.05, 3.63) is 24.8 Å². The van der Waals surface area contributed by atoms with Crippen molar-refractivity contribution in [2.45, 2.75) is 59.1 Å². The van der Waals surface area contributed by atoms with Crippen LogP contribution in [0.1, 0.15) is 48.0 Å². The maximum absolute atomic E-state index is 12.0. The molecule has 2 amide bonds. The lowest BCUT2D eigenvalue weighted by Gasteiger charge is -2.24. The van der Waals surface area contributed by atoms with Crippen LogP contribution in [0.4, 0.5) is 9.59 Å². The maximum atomic E-state index is 12.0. The standard InChI is InChI=1S/C19H32N2O4/c1-8-14-12-19(14,21-16(23)25-18(5,6)7)13-20-15(22)24-11-9-10-17(2,3)4/h8-10,14H,1,11-13H2,2-7H3,(H,20,22)(H,21,23)/t14-,19-/m0/s1. The summed E-state index contributed by atoms with van der Waals surface area (Å²) in [5.41, 5.74) is -1.08. The van der Waals surface area contributed by atoms with E-state index in [-0.39, 0.29) is 24.5 Å². The molecule has 2 N–H and O–H groups in total. The summed E-state index contributed by atoms with van der Waals surface area (Å²) in [5.74, 6) is 0.0982. The van der Waals surface area contributed by atoms with Crippen LogP contribution in [0, 0.1) is 11.3 Å². The minimum absolute atomic E-state index is 0.0480. The van der Waals surface area contributed by atoms with Gasteiger partial charge >= 0.3 is 12.2 Å². The molecule has 0 saturated heterocycles. The third-order valence-corrected chi connectivity index (χ3v) is 3.64. The molecule has 6 heteroatoms. The number of hydrogen-bond acceptors (Lipinski definition) is 4. The smallest absolute Gasteiger partial charge is 0.408 e. The Balaban J connectivity index is 2.45. The Bertz CT molecular complexity index is 529. The SMILES string of the molecule is C=C[C@H]1C[C@@]1(CNC(=O)OCC=CC(C)(C)C)NC(=O)OC(C)(C)C. The van der Waals surface area contributed by atoms with E-state index in [2.05, 4.69) is 38.0 Å². The maximum Gasteiger partial charge on any atom is 0.408 e. The van der Waals surface area contributed by atoms with Crippen molar-refractivity contribution in [2.75, 3.05) is 13.2 Å². The average molecular weight is 352 g/mol. The first kappa shape index (κ1) is 21.1. The highest BCUT2D eigenvalue weighted by atomic mass is 16.6. The summed E-state index contributed by atoms with van der Waals surface area (Å²) in [6.45, 7) is 15.9. The van der Waals surface area contributed by atoms with Crippen LogP contribution in [-0.4, -0.2) is 36.5 Å². The number of nitrogens with one attached hydrogen (secondary N) is 2. The molecule has 142 valence electrons. The summed E-state index contributed by atoms with van der Waals surface area (Å²) in [6, 6.07) is 0. The molecular formula is C19H32N2O4. The fourth-order valence-electron chi connectivity index (χ4n) is 2.35. The highest BCUT2D eigenvalue weighted by Gasteiger charge is 2.54. The minimum Gasteiger partial charge on any atom is -0.445 e. The van der Waals surface area contributed by atoms with Crippen molar-refractivity contribution >= 4 is 12.2 Å². The van der Waals surface area contributed by atoms with Crippen molar-refractivity contribution in [1.82, 2.24) is 10.6 Å². The monoisotopic (exact) mass is 352 g/mol. The second-order valence-corrected chi connectivity index (χ2v) is 8.55. The van der Waals surface area contributed by atoms with Gasteiger partial charge in [-0.2, -0.15) is 0 Å². The molecule has 0 radical (unpaired) electrons. The number of amides is 2. The molecule has 1 aliphatic carbocycles. The summed E-state index contributed by atoms with van der Waals surface area (Å²) >= 11 is 0. The Labute approximate surface area is 151 Å². The van der Waals surface area contributed by atoms with Gasteiger partial charge in [0.1, 0.15) is 12.2 Å². The first-order chi connectivity index (χ1) is 11.4. The molecule has 6 nitrogen and oxygen atoms in total. The molecule has 0 aliphatic heterocycles. The van der Waals surface area contributed by atoms with E-state index in [1.54, 1.807) is 26.8 Å². The molecule has 0 spiro atoms. The molecular weight excluding hydrogens is 320 g/mol. The zero-order valence-electron chi connectivity index (χ0n) is 16.3. The van der Waals surface area contributed by atoms with Gasteiger partial charge in [0.05, 0.1) is 5.54 Å². The Hall–Kier alpha value is -1.98. The average Bonchev–Trinajstić information content (AvgIpc) is 3.11. The topological polar surface area (TPSA) is 76.7 Å². The van der Waals surface area contributed by atoms with E-state index >= 15 is 0 Å². The van der Waals surface area contributed by atoms with Gasteiger partial charge < -0.3 is 20.1 Å². The normalized spacial score (nSPS) is 23.0. The van der Waals surface area contributed by atoms with Gasteiger partial charge in [-0.25, -0.2) is 9.59 Å². The largest absolute Gasteiger partial charge is 0.445 e. The molecule has 1 fully saturated rings. The second-order valence-electron chi connectivity index (χ2n) is 8.55. The highest BCUT2D eigenvalue weighted by Crippen LogP contribution is 2.44. The summed E-state index contributed by atoms with van der Waals surface area (Å²) in [6.07, 6.45) is 5.27. The van der Waals surface area contributed by atoms with Crippen LogP contribution in [0.15, 0.2) is 24.8 Å². The summed E-state index contributed by atoms with van der Waals surface area (Å²) in [5, 5.41) is 5.55. The summed E-state index contributed by atoms with van der Waals surface area (Å²) in [4.78, 5) is 23.8. The first-order valence-corrected chi connectivity index (χ1v) is 8.59. The van der Waals surface area contributed by atoms with Gasteiger partial charge in [-0.1, -0.05) is 39.0 Å². The van der Waals surface area contributed by atoms with Crippen LogP contribution in [0.25, 0.3) is 0 Å². The molecule has 1 aliphatic rings. The number of hydrogen-bond donors (Lipinski definition) is 2. The molecule has 1 rings (SSSR count). The van der Waals surface area contributed by atoms with Crippen LogP contribution >= 0.6 is 0 Å². The highest BCUT2D eigenvalue weighted by molar-refractivity contribution is 5.71. The molecule has 0 unspecified atom stereocenters. The lowest BCUT2D eigenvalue weighted by atomic mass is 9.96. The van der Waals surface area contributed by atoms with E-state index in [0.717, 1.165) is 0 Å². The summed E-state index contributed by atoms with van der Waals surface area (Å²) < 4.78 is 10.4. The van der Waals surface area contributed by atoms with E-state index in [0.29, 0.717) is 6.42 Å². The van der Waals surface area contributed by atoms with Crippen molar-refractivity contribution in [3.8, 4) is 0 Å². The van der Waals surface area contributed by atoms with Crippen LogP contribution in [0.3, 0.4) is 0 Å². The zero-order chi connectivity index (χ0) is 19.3. The quantitative estimate of drug-likeness (QED) is 0.713. The lowest BCUT2D eigenvalue weighted by molar-refractivity contribution is 0.0491. The Morgan fingerprint density at radius 2 is 1.84 bits per heavy atom. The number of carbonyl (C=O) groups excluding carboxylic acids is 2. The predicted molar refractivity (Wildman–Crippen MR) is 98.4 cm³/mol. The molecule has 0 aromatic rings. The minimum atomic E-state index is -0.574. The van der Waals surface area contributed by atoms with E-state index in [9.17, 15) is 9.59 Å². The van der Waals surface area contributed by atoms with Gasteiger partial charge in [0, 0.05) is 12.5 Å². The van der Waals surface area contributed by atoms with Crippen LogP contribution in [0.2, 0.25) is 0 Å². The molecule has 2 atom stereocenters. The predicted octanol–water partition coefficient (Wildman–Crippen LogP) is 3.78. The fraction of sp³-hybridized carbons (Fsp3) is 0.684. The van der Waals surface area contributed by atoms with E-state index < -0.39 is 23.3 Å². The number of allylic oxidation sites excluding steroid dienone is 1. The third-order valence-electron chi connectivity index (χ3n) is 3.64. The molecule has 0 heterocycles. The van der Waals surface area contributed by atoms with Crippen molar-refractivity contribution < 1.29 is 19.1 Å². The lowest BCUT2D eigenvalue weighted by Crippen LogP contribution is -2.48. The van der Waals surface area contributed by atoms with E-state index in [4.69, 9.17) is 9.47 Å². The Morgan fingerprint density at radius 3 is 2.32 bits per heavy atom. The fourth-order valence-corrected chi connectivity index (χ4v) is 2.35. The van der Waals surface area contributed by atoms with Gasteiger partial charge in [-0.05, 0) is 32.6 Å². The molecule has 0 aromatic carbocycles. The third kappa shape index (κ3) is 8.09. The number of ether oxygens (including phenoxy) is 2. The van der Waals surface area contributed by atoms with Crippen LogP contribution in [-0.2, 0) is 9.47 Å². The van der Waals surface area contributed by atoms with Gasteiger partial charge in [0.25, 0.3) is 0 Å². The van der Waals surface area contributed by atoms with Crippen molar-refractivity contribution in [2.24, 2.45) is 11.3 Å². The molecule has 25 heavy (non-hydrogen) atoms. The Kier molecular flexibility index (Phi) is 6.68.